The molecule has 0 radical (unpaired) electrons. The van der Waals surface area contributed by atoms with Crippen molar-refractivity contribution in [1.29, 1.82) is 0 Å². The predicted molar refractivity (Wildman–Crippen MR) is 84.8 cm³/mol. The third-order valence-corrected chi connectivity index (χ3v) is 5.11. The number of piperazine rings is 1. The highest BCUT2D eigenvalue weighted by Gasteiger charge is 2.44. The molecule has 1 aromatic carbocycles. The largest absolute Gasteiger partial charge is 0.307 e. The van der Waals surface area contributed by atoms with Crippen LogP contribution >= 0.6 is 0 Å². The first kappa shape index (κ1) is 14.1. The van der Waals surface area contributed by atoms with Crippen LogP contribution in [0.5, 0.6) is 0 Å². The minimum atomic E-state index is 0.516. The van der Waals surface area contributed by atoms with E-state index in [0.29, 0.717) is 6.04 Å². The average Bonchev–Trinajstić information content (AvgIpc) is 3.27. The van der Waals surface area contributed by atoms with Crippen molar-refractivity contribution in [3.63, 3.8) is 0 Å². The van der Waals surface area contributed by atoms with Gasteiger partial charge in [0.05, 0.1) is 0 Å². The Morgan fingerprint density at radius 1 is 1.20 bits per heavy atom. The summed E-state index contributed by atoms with van der Waals surface area (Å²) in [4.78, 5) is 2.81. The van der Waals surface area contributed by atoms with Crippen molar-refractivity contribution in [2.75, 3.05) is 13.1 Å². The zero-order chi connectivity index (χ0) is 13.9. The lowest BCUT2D eigenvalue weighted by molar-refractivity contribution is 0.111. The van der Waals surface area contributed by atoms with Crippen LogP contribution in [-0.4, -0.2) is 30.1 Å². The zero-order valence-corrected chi connectivity index (χ0v) is 12.9. The van der Waals surface area contributed by atoms with Gasteiger partial charge in [-0.2, -0.15) is 0 Å². The minimum absolute atomic E-state index is 0.516. The summed E-state index contributed by atoms with van der Waals surface area (Å²) in [6.07, 6.45) is 5.46. The summed E-state index contributed by atoms with van der Waals surface area (Å²) in [5, 5.41) is 3.75. The maximum atomic E-state index is 3.75. The van der Waals surface area contributed by atoms with Crippen LogP contribution < -0.4 is 5.32 Å². The quantitative estimate of drug-likeness (QED) is 0.881. The smallest absolute Gasteiger partial charge is 0.0450 e. The molecule has 1 N–H and O–H groups in total. The number of hydrogen-bond donors (Lipinski definition) is 1. The molecule has 0 amide bonds. The van der Waals surface area contributed by atoms with Gasteiger partial charge < -0.3 is 5.32 Å². The first-order chi connectivity index (χ1) is 9.83. The van der Waals surface area contributed by atoms with Gasteiger partial charge in [0.1, 0.15) is 0 Å². The van der Waals surface area contributed by atoms with Gasteiger partial charge in [0.15, 0.2) is 0 Å². The third kappa shape index (κ3) is 2.91. The van der Waals surface area contributed by atoms with E-state index < -0.39 is 0 Å². The van der Waals surface area contributed by atoms with Crippen LogP contribution in [0.1, 0.15) is 51.1 Å². The number of nitrogens with zero attached hydrogens (tertiary/aromatic N) is 1. The molecule has 2 fully saturated rings. The molecule has 1 aliphatic heterocycles. The van der Waals surface area contributed by atoms with E-state index in [9.17, 15) is 0 Å². The minimum Gasteiger partial charge on any atom is -0.307 e. The maximum absolute atomic E-state index is 3.75. The van der Waals surface area contributed by atoms with Crippen molar-refractivity contribution in [2.24, 2.45) is 5.92 Å². The Morgan fingerprint density at radius 3 is 2.70 bits per heavy atom. The van der Waals surface area contributed by atoms with E-state index in [-0.39, 0.29) is 0 Å². The Bertz CT molecular complexity index is 417. The topological polar surface area (TPSA) is 15.3 Å². The molecular weight excluding hydrogens is 244 g/mol. The van der Waals surface area contributed by atoms with Crippen molar-refractivity contribution in [2.45, 2.75) is 57.7 Å². The molecule has 1 saturated heterocycles. The molecule has 0 spiro atoms. The first-order valence-electron chi connectivity index (χ1n) is 8.37. The summed E-state index contributed by atoms with van der Waals surface area (Å²) in [5.74, 6) is 0.976. The second kappa shape index (κ2) is 6.28. The Hall–Kier alpha value is -0.860. The highest BCUT2D eigenvalue weighted by Crippen LogP contribution is 2.42. The van der Waals surface area contributed by atoms with Crippen molar-refractivity contribution in [1.82, 2.24) is 10.2 Å². The highest BCUT2D eigenvalue weighted by molar-refractivity contribution is 5.20. The van der Waals surface area contributed by atoms with Crippen molar-refractivity contribution >= 4 is 0 Å². The molecule has 4 unspecified atom stereocenters. The van der Waals surface area contributed by atoms with E-state index in [1.165, 1.54) is 37.8 Å². The van der Waals surface area contributed by atoms with E-state index in [1.807, 2.05) is 0 Å². The molecule has 1 saturated carbocycles. The SMILES string of the molecule is CCCC1CC1N1CC(c2ccccc2)NCC1CC. The van der Waals surface area contributed by atoms with Crippen LogP contribution in [0.4, 0.5) is 0 Å². The van der Waals surface area contributed by atoms with Crippen LogP contribution in [0.15, 0.2) is 30.3 Å². The van der Waals surface area contributed by atoms with Crippen molar-refractivity contribution < 1.29 is 0 Å². The maximum Gasteiger partial charge on any atom is 0.0450 e. The van der Waals surface area contributed by atoms with Gasteiger partial charge in [0, 0.05) is 31.2 Å². The number of benzene rings is 1. The fourth-order valence-corrected chi connectivity index (χ4v) is 3.83. The molecule has 20 heavy (non-hydrogen) atoms. The standard InChI is InChI=1S/C18H28N2/c1-3-8-15-11-18(15)20-13-17(19-12-16(20)4-2)14-9-6-5-7-10-14/h5-7,9-10,15-19H,3-4,8,11-13H2,1-2H3. The normalized spacial score (nSPS) is 34.1. The summed E-state index contributed by atoms with van der Waals surface area (Å²) >= 11 is 0. The van der Waals surface area contributed by atoms with E-state index in [2.05, 4.69) is 54.4 Å². The summed E-state index contributed by atoms with van der Waals surface area (Å²) in [7, 11) is 0. The molecule has 1 heterocycles. The number of hydrogen-bond acceptors (Lipinski definition) is 2. The summed E-state index contributed by atoms with van der Waals surface area (Å²) in [6.45, 7) is 6.98. The Kier molecular flexibility index (Phi) is 4.42. The lowest BCUT2D eigenvalue weighted by Gasteiger charge is -2.41. The van der Waals surface area contributed by atoms with Crippen LogP contribution in [-0.2, 0) is 0 Å². The summed E-state index contributed by atoms with van der Waals surface area (Å²) < 4.78 is 0. The second-order valence-corrected chi connectivity index (χ2v) is 6.48. The molecule has 2 heteroatoms. The second-order valence-electron chi connectivity index (χ2n) is 6.48. The molecule has 110 valence electrons. The zero-order valence-electron chi connectivity index (χ0n) is 12.9. The highest BCUT2D eigenvalue weighted by atomic mass is 15.3. The van der Waals surface area contributed by atoms with E-state index in [0.717, 1.165) is 24.5 Å². The molecular formula is C18H28N2. The summed E-state index contributed by atoms with van der Waals surface area (Å²) in [6, 6.07) is 13.1. The van der Waals surface area contributed by atoms with Gasteiger partial charge >= 0.3 is 0 Å². The Balaban J connectivity index is 1.67. The van der Waals surface area contributed by atoms with Gasteiger partial charge in [-0.3, -0.25) is 4.90 Å². The van der Waals surface area contributed by atoms with Gasteiger partial charge in [-0.05, 0) is 30.7 Å². The van der Waals surface area contributed by atoms with Crippen molar-refractivity contribution in [3.05, 3.63) is 35.9 Å². The van der Waals surface area contributed by atoms with E-state index >= 15 is 0 Å². The Morgan fingerprint density at radius 2 is 2.00 bits per heavy atom. The fraction of sp³-hybridized carbons (Fsp3) is 0.667. The molecule has 1 aliphatic carbocycles. The fourth-order valence-electron chi connectivity index (χ4n) is 3.83. The molecule has 3 rings (SSSR count). The van der Waals surface area contributed by atoms with Crippen LogP contribution in [0.25, 0.3) is 0 Å². The van der Waals surface area contributed by atoms with Gasteiger partial charge in [-0.15, -0.1) is 0 Å². The van der Waals surface area contributed by atoms with Crippen LogP contribution in [0, 0.1) is 5.92 Å². The van der Waals surface area contributed by atoms with Gasteiger partial charge in [-0.1, -0.05) is 50.6 Å². The molecule has 0 bridgehead atoms. The molecule has 0 aromatic heterocycles. The summed E-state index contributed by atoms with van der Waals surface area (Å²) in [5.41, 5.74) is 1.44. The molecule has 1 aromatic rings. The molecule has 2 nitrogen and oxygen atoms in total. The van der Waals surface area contributed by atoms with Gasteiger partial charge in [0.2, 0.25) is 0 Å². The third-order valence-electron chi connectivity index (χ3n) is 5.11. The first-order valence-corrected chi connectivity index (χ1v) is 8.37. The lowest BCUT2D eigenvalue weighted by atomic mass is 10.00. The molecule has 4 atom stereocenters. The van der Waals surface area contributed by atoms with E-state index in [1.54, 1.807) is 0 Å². The molecule has 2 aliphatic rings. The lowest BCUT2D eigenvalue weighted by Crippen LogP contribution is -2.53. The van der Waals surface area contributed by atoms with Crippen LogP contribution in [0.3, 0.4) is 0 Å². The predicted octanol–water partition coefficient (Wildman–Crippen LogP) is 3.60. The van der Waals surface area contributed by atoms with Crippen LogP contribution in [0.2, 0.25) is 0 Å². The monoisotopic (exact) mass is 272 g/mol. The average molecular weight is 272 g/mol. The van der Waals surface area contributed by atoms with Crippen molar-refractivity contribution in [3.8, 4) is 0 Å². The van der Waals surface area contributed by atoms with Gasteiger partial charge in [-0.25, -0.2) is 0 Å². The van der Waals surface area contributed by atoms with E-state index in [4.69, 9.17) is 0 Å². The Labute approximate surface area is 123 Å². The number of rotatable bonds is 5. The number of nitrogens with one attached hydrogen (secondary N) is 1. The van der Waals surface area contributed by atoms with Gasteiger partial charge in [0.25, 0.3) is 0 Å².